The monoisotopic (exact) mass is 444 g/mol. The molecule has 3 aliphatic rings. The molecule has 1 amide bonds. The first-order valence-corrected chi connectivity index (χ1v) is 10.8. The number of anilines is 1. The average Bonchev–Trinajstić information content (AvgIpc) is 3.20. The molecule has 2 aliphatic heterocycles. The van der Waals surface area contributed by atoms with Crippen LogP contribution in [-0.4, -0.2) is 23.4 Å². The summed E-state index contributed by atoms with van der Waals surface area (Å²) in [5, 5.41) is 5.06. The fourth-order valence-electron chi connectivity index (χ4n) is 4.98. The second-order valence-corrected chi connectivity index (χ2v) is 9.17. The number of nitrogens with one attached hydrogen (secondary N) is 1. The van der Waals surface area contributed by atoms with Crippen molar-refractivity contribution < 1.29 is 4.79 Å². The van der Waals surface area contributed by atoms with Crippen molar-refractivity contribution in [2.75, 3.05) is 11.9 Å². The molecular weight excluding hydrogens is 427 g/mol. The van der Waals surface area contributed by atoms with Gasteiger partial charge in [-0.15, -0.1) is 0 Å². The van der Waals surface area contributed by atoms with Gasteiger partial charge in [0.05, 0.1) is 0 Å². The Morgan fingerprint density at radius 3 is 2.76 bits per heavy atom. The van der Waals surface area contributed by atoms with Gasteiger partial charge in [0.25, 0.3) is 0 Å². The zero-order valence-electron chi connectivity index (χ0n) is 15.5. The lowest BCUT2D eigenvalue weighted by Crippen LogP contribution is -2.55. The lowest BCUT2D eigenvalue weighted by Gasteiger charge is -2.41. The van der Waals surface area contributed by atoms with Crippen LogP contribution < -0.4 is 5.32 Å². The maximum Gasteiger partial charge on any atom is 0.249 e. The SMILES string of the molecule is O=C1Nc2cc(Cl)ccc2C1(Cc1cccc(Cl)c1)N1CCC2C=CC(Cl)=CC21. The molecule has 148 valence electrons. The molecule has 1 fully saturated rings. The van der Waals surface area contributed by atoms with Crippen molar-refractivity contribution >= 4 is 46.4 Å². The van der Waals surface area contributed by atoms with Crippen LogP contribution in [0.25, 0.3) is 0 Å². The number of rotatable bonds is 3. The van der Waals surface area contributed by atoms with E-state index in [-0.39, 0.29) is 11.9 Å². The van der Waals surface area contributed by atoms with E-state index in [0.29, 0.717) is 27.4 Å². The number of hydrogen-bond donors (Lipinski definition) is 1. The Hall–Kier alpha value is -1.78. The minimum Gasteiger partial charge on any atom is -0.324 e. The molecule has 0 spiro atoms. The number of carbonyl (C=O) groups excluding carboxylic acids is 1. The number of benzene rings is 2. The molecule has 3 nitrogen and oxygen atoms in total. The molecule has 29 heavy (non-hydrogen) atoms. The molecule has 3 atom stereocenters. The molecule has 6 heteroatoms. The van der Waals surface area contributed by atoms with Crippen LogP contribution in [0.3, 0.4) is 0 Å². The van der Waals surface area contributed by atoms with E-state index in [0.717, 1.165) is 29.8 Å². The maximum absolute atomic E-state index is 13.6. The third kappa shape index (κ3) is 3.12. The number of allylic oxidation sites excluding steroid dienone is 2. The van der Waals surface area contributed by atoms with Gasteiger partial charge in [-0.05, 0) is 54.3 Å². The van der Waals surface area contributed by atoms with E-state index < -0.39 is 5.54 Å². The molecule has 2 heterocycles. The number of carbonyl (C=O) groups is 1. The fraction of sp³-hybridized carbons (Fsp3) is 0.261. The van der Waals surface area contributed by atoms with Gasteiger partial charge in [0, 0.05) is 45.3 Å². The summed E-state index contributed by atoms with van der Waals surface area (Å²) in [6.07, 6.45) is 7.69. The second-order valence-electron chi connectivity index (χ2n) is 7.86. The van der Waals surface area contributed by atoms with Gasteiger partial charge in [-0.3, -0.25) is 9.69 Å². The van der Waals surface area contributed by atoms with Crippen molar-refractivity contribution in [3.8, 4) is 0 Å². The molecule has 5 rings (SSSR count). The van der Waals surface area contributed by atoms with Gasteiger partial charge in [0.15, 0.2) is 0 Å². The Labute approximate surface area is 184 Å². The van der Waals surface area contributed by atoms with Crippen LogP contribution in [0.4, 0.5) is 5.69 Å². The predicted octanol–water partition coefficient (Wildman–Crippen LogP) is 5.77. The summed E-state index contributed by atoms with van der Waals surface area (Å²) >= 11 is 18.8. The largest absolute Gasteiger partial charge is 0.324 e. The van der Waals surface area contributed by atoms with Crippen molar-refractivity contribution in [3.05, 3.63) is 86.9 Å². The van der Waals surface area contributed by atoms with Crippen LogP contribution >= 0.6 is 34.8 Å². The van der Waals surface area contributed by atoms with E-state index in [1.165, 1.54) is 0 Å². The Morgan fingerprint density at radius 1 is 1.10 bits per heavy atom. The minimum absolute atomic E-state index is 0.0329. The smallest absolute Gasteiger partial charge is 0.249 e. The van der Waals surface area contributed by atoms with E-state index in [9.17, 15) is 4.79 Å². The van der Waals surface area contributed by atoms with Crippen LogP contribution in [0.1, 0.15) is 17.5 Å². The summed E-state index contributed by atoms with van der Waals surface area (Å²) in [4.78, 5) is 15.9. The molecular formula is C23H19Cl3N2O. The van der Waals surface area contributed by atoms with Crippen molar-refractivity contribution in [2.24, 2.45) is 5.92 Å². The van der Waals surface area contributed by atoms with Crippen molar-refractivity contribution in [2.45, 2.75) is 24.4 Å². The Kier molecular flexibility index (Phi) is 4.75. The van der Waals surface area contributed by atoms with Gasteiger partial charge >= 0.3 is 0 Å². The third-order valence-corrected chi connectivity index (χ3v) is 6.95. The average molecular weight is 446 g/mol. The highest BCUT2D eigenvalue weighted by Gasteiger charge is 2.55. The molecule has 0 aromatic heterocycles. The highest BCUT2D eigenvalue weighted by atomic mass is 35.5. The summed E-state index contributed by atoms with van der Waals surface area (Å²) in [6.45, 7) is 0.802. The first-order valence-electron chi connectivity index (χ1n) is 9.65. The number of halogens is 3. The van der Waals surface area contributed by atoms with E-state index in [1.54, 1.807) is 0 Å². The van der Waals surface area contributed by atoms with Gasteiger partial charge in [0.1, 0.15) is 5.54 Å². The van der Waals surface area contributed by atoms with Gasteiger partial charge in [-0.25, -0.2) is 0 Å². The summed E-state index contributed by atoms with van der Waals surface area (Å²) < 4.78 is 0. The lowest BCUT2D eigenvalue weighted by atomic mass is 9.81. The van der Waals surface area contributed by atoms with Crippen molar-refractivity contribution in [3.63, 3.8) is 0 Å². The van der Waals surface area contributed by atoms with E-state index >= 15 is 0 Å². The zero-order valence-corrected chi connectivity index (χ0v) is 17.8. The van der Waals surface area contributed by atoms with Crippen LogP contribution in [0, 0.1) is 5.92 Å². The Bertz CT molecular complexity index is 1060. The van der Waals surface area contributed by atoms with Gasteiger partial charge in [-0.2, -0.15) is 0 Å². The highest BCUT2D eigenvalue weighted by Crippen LogP contribution is 2.49. The number of amides is 1. The standard InChI is InChI=1S/C23H19Cl3N2O/c24-16-3-1-2-14(10-16)13-23(19-7-6-17(25)11-20(19)27-22(23)29)28-9-8-15-4-5-18(26)12-21(15)28/h1-7,10-12,15,21H,8-9,13H2,(H,27,29). The first kappa shape index (κ1) is 19.2. The van der Waals surface area contributed by atoms with E-state index in [2.05, 4.69) is 22.4 Å². The summed E-state index contributed by atoms with van der Waals surface area (Å²) in [6, 6.07) is 13.4. The molecule has 0 saturated carbocycles. The molecule has 1 N–H and O–H groups in total. The zero-order chi connectivity index (χ0) is 20.2. The summed E-state index contributed by atoms with van der Waals surface area (Å²) in [5.74, 6) is 0.312. The molecule has 1 aliphatic carbocycles. The van der Waals surface area contributed by atoms with Crippen molar-refractivity contribution in [1.82, 2.24) is 4.90 Å². The maximum atomic E-state index is 13.6. The number of hydrogen-bond acceptors (Lipinski definition) is 2. The molecule has 0 radical (unpaired) electrons. The molecule has 2 aromatic rings. The van der Waals surface area contributed by atoms with Gasteiger partial charge in [-0.1, -0.05) is 59.1 Å². The van der Waals surface area contributed by atoms with Crippen LogP contribution in [-0.2, 0) is 16.8 Å². The summed E-state index contributed by atoms with van der Waals surface area (Å²) in [5.41, 5.74) is 1.89. The third-order valence-electron chi connectivity index (χ3n) is 6.22. The van der Waals surface area contributed by atoms with E-state index in [4.69, 9.17) is 34.8 Å². The molecule has 2 aromatic carbocycles. The minimum atomic E-state index is -0.844. The molecule has 0 bridgehead atoms. The lowest BCUT2D eigenvalue weighted by molar-refractivity contribution is -0.128. The quantitative estimate of drug-likeness (QED) is 0.651. The predicted molar refractivity (Wildman–Crippen MR) is 119 cm³/mol. The second kappa shape index (κ2) is 7.17. The number of likely N-dealkylation sites (tertiary alicyclic amines) is 1. The summed E-state index contributed by atoms with van der Waals surface area (Å²) in [7, 11) is 0. The van der Waals surface area contributed by atoms with Gasteiger partial charge in [0.2, 0.25) is 5.91 Å². The highest BCUT2D eigenvalue weighted by molar-refractivity contribution is 6.31. The number of nitrogens with zero attached hydrogens (tertiary/aromatic N) is 1. The van der Waals surface area contributed by atoms with Crippen LogP contribution in [0.15, 0.2) is 65.7 Å². The van der Waals surface area contributed by atoms with Gasteiger partial charge < -0.3 is 5.32 Å². The normalized spacial score (nSPS) is 28.1. The van der Waals surface area contributed by atoms with Crippen molar-refractivity contribution in [1.29, 1.82) is 0 Å². The Balaban J connectivity index is 1.67. The van der Waals surface area contributed by atoms with Crippen LogP contribution in [0.2, 0.25) is 10.0 Å². The topological polar surface area (TPSA) is 32.3 Å². The van der Waals surface area contributed by atoms with Crippen LogP contribution in [0.5, 0.6) is 0 Å². The molecule has 1 saturated heterocycles. The fourth-order valence-corrected chi connectivity index (χ4v) is 5.56. The number of fused-ring (bicyclic) bond motifs is 2. The Morgan fingerprint density at radius 2 is 1.93 bits per heavy atom. The molecule has 3 unspecified atom stereocenters. The first-order chi connectivity index (χ1) is 14.0. The van der Waals surface area contributed by atoms with E-state index in [1.807, 2.05) is 48.5 Å².